The smallest absolute Gasteiger partial charge is 0.249 e. The molecule has 21 heavy (non-hydrogen) atoms. The standard InChI is InChI=1S/C14H15BrN4O2/c1-8(10-3-5-11(15)6-4-10)16-18-13(20)7-12-9(2)17-19-14(12)21/h3-6,12H,7H2,1-2H3,(H,18,20)(H,19,21)/b16-8+. The molecule has 0 saturated carbocycles. The minimum Gasteiger partial charge on any atom is -0.273 e. The van der Waals surface area contributed by atoms with Crippen LogP contribution in [0.4, 0.5) is 0 Å². The molecule has 0 radical (unpaired) electrons. The number of benzene rings is 1. The molecule has 0 aliphatic carbocycles. The molecule has 7 heteroatoms. The number of hydrogen-bond acceptors (Lipinski definition) is 4. The first-order chi connectivity index (χ1) is 9.97. The van der Waals surface area contributed by atoms with E-state index < -0.39 is 5.92 Å². The van der Waals surface area contributed by atoms with E-state index in [1.807, 2.05) is 24.3 Å². The fourth-order valence-electron chi connectivity index (χ4n) is 1.86. The van der Waals surface area contributed by atoms with Gasteiger partial charge >= 0.3 is 0 Å². The second-order valence-corrected chi connectivity index (χ2v) is 5.64. The number of hydrogen-bond donors (Lipinski definition) is 2. The lowest BCUT2D eigenvalue weighted by atomic mass is 10.0. The van der Waals surface area contributed by atoms with Crippen molar-refractivity contribution in [2.24, 2.45) is 16.1 Å². The van der Waals surface area contributed by atoms with Gasteiger partial charge in [0.2, 0.25) is 11.8 Å². The van der Waals surface area contributed by atoms with Gasteiger partial charge in [-0.05, 0) is 31.5 Å². The summed E-state index contributed by atoms with van der Waals surface area (Å²) in [6, 6.07) is 7.60. The highest BCUT2D eigenvalue weighted by Gasteiger charge is 2.29. The van der Waals surface area contributed by atoms with Crippen LogP contribution >= 0.6 is 15.9 Å². The molecule has 0 fully saturated rings. The summed E-state index contributed by atoms with van der Waals surface area (Å²) in [7, 11) is 0. The minimum atomic E-state index is -0.506. The van der Waals surface area contributed by atoms with Crippen molar-refractivity contribution < 1.29 is 9.59 Å². The zero-order valence-corrected chi connectivity index (χ0v) is 13.3. The van der Waals surface area contributed by atoms with E-state index in [0.29, 0.717) is 11.4 Å². The highest BCUT2D eigenvalue weighted by molar-refractivity contribution is 9.10. The van der Waals surface area contributed by atoms with Crippen LogP contribution in [0.15, 0.2) is 38.9 Å². The molecular weight excluding hydrogens is 336 g/mol. The fraction of sp³-hybridized carbons (Fsp3) is 0.286. The van der Waals surface area contributed by atoms with Gasteiger partial charge in [-0.1, -0.05) is 28.1 Å². The SMILES string of the molecule is CC1=NNC(=O)C1CC(=O)N/N=C(\C)c1ccc(Br)cc1. The van der Waals surface area contributed by atoms with Crippen LogP contribution in [0.1, 0.15) is 25.8 Å². The molecule has 1 aliphatic heterocycles. The van der Waals surface area contributed by atoms with Crippen molar-refractivity contribution in [2.75, 3.05) is 0 Å². The van der Waals surface area contributed by atoms with Gasteiger partial charge in [-0.15, -0.1) is 0 Å². The largest absolute Gasteiger partial charge is 0.273 e. The number of carbonyl (C=O) groups is 2. The fourth-order valence-corrected chi connectivity index (χ4v) is 2.13. The zero-order valence-electron chi connectivity index (χ0n) is 11.7. The van der Waals surface area contributed by atoms with Gasteiger partial charge in [-0.2, -0.15) is 10.2 Å². The monoisotopic (exact) mass is 350 g/mol. The highest BCUT2D eigenvalue weighted by atomic mass is 79.9. The van der Waals surface area contributed by atoms with Gasteiger partial charge in [0.15, 0.2) is 0 Å². The number of amides is 2. The quantitative estimate of drug-likeness (QED) is 0.641. The molecule has 2 N–H and O–H groups in total. The third-order valence-electron chi connectivity index (χ3n) is 3.16. The Labute approximate surface area is 130 Å². The van der Waals surface area contributed by atoms with Gasteiger partial charge in [0.1, 0.15) is 0 Å². The molecule has 0 saturated heterocycles. The predicted octanol–water partition coefficient (Wildman–Crippen LogP) is 1.80. The molecule has 2 rings (SSSR count). The lowest BCUT2D eigenvalue weighted by Gasteiger charge is -2.07. The van der Waals surface area contributed by atoms with Crippen molar-refractivity contribution in [2.45, 2.75) is 20.3 Å². The average Bonchev–Trinajstić information content (AvgIpc) is 2.77. The molecule has 0 spiro atoms. The Morgan fingerprint density at radius 1 is 1.43 bits per heavy atom. The summed E-state index contributed by atoms with van der Waals surface area (Å²) in [6.45, 7) is 3.52. The number of carbonyl (C=O) groups excluding carboxylic acids is 2. The van der Waals surface area contributed by atoms with Crippen molar-refractivity contribution in [3.8, 4) is 0 Å². The summed E-state index contributed by atoms with van der Waals surface area (Å²) in [5.74, 6) is -1.08. The van der Waals surface area contributed by atoms with Gasteiger partial charge in [0.25, 0.3) is 0 Å². The molecule has 0 bridgehead atoms. The van der Waals surface area contributed by atoms with Crippen LogP contribution in [-0.2, 0) is 9.59 Å². The van der Waals surface area contributed by atoms with Crippen molar-refractivity contribution in [1.82, 2.24) is 10.9 Å². The Morgan fingerprint density at radius 3 is 2.67 bits per heavy atom. The summed E-state index contributed by atoms with van der Waals surface area (Å²) in [4.78, 5) is 23.3. The van der Waals surface area contributed by atoms with E-state index in [-0.39, 0.29) is 18.2 Å². The highest BCUT2D eigenvalue weighted by Crippen LogP contribution is 2.12. The molecule has 1 heterocycles. The Bertz CT molecular complexity index is 622. The number of rotatable bonds is 4. The maximum Gasteiger partial charge on any atom is 0.249 e. The minimum absolute atomic E-state index is 0.0400. The molecular formula is C14H15BrN4O2. The molecule has 2 amide bonds. The molecule has 1 atom stereocenters. The van der Waals surface area contributed by atoms with Gasteiger partial charge in [-0.25, -0.2) is 10.9 Å². The van der Waals surface area contributed by atoms with E-state index in [2.05, 4.69) is 37.0 Å². The van der Waals surface area contributed by atoms with Gasteiger partial charge in [0, 0.05) is 16.6 Å². The molecule has 6 nitrogen and oxygen atoms in total. The number of nitrogens with zero attached hydrogens (tertiary/aromatic N) is 2. The van der Waals surface area contributed by atoms with Crippen LogP contribution in [0.3, 0.4) is 0 Å². The van der Waals surface area contributed by atoms with Crippen LogP contribution in [0.5, 0.6) is 0 Å². The zero-order chi connectivity index (χ0) is 15.4. The lowest BCUT2D eigenvalue weighted by Crippen LogP contribution is -2.29. The van der Waals surface area contributed by atoms with E-state index in [0.717, 1.165) is 10.0 Å². The summed E-state index contributed by atoms with van der Waals surface area (Å²) in [6.07, 6.45) is 0.0400. The van der Waals surface area contributed by atoms with E-state index in [1.54, 1.807) is 13.8 Å². The van der Waals surface area contributed by atoms with E-state index in [1.165, 1.54) is 0 Å². The van der Waals surface area contributed by atoms with Crippen molar-refractivity contribution in [1.29, 1.82) is 0 Å². The summed E-state index contributed by atoms with van der Waals surface area (Å²) < 4.78 is 0.977. The Kier molecular flexibility index (Phi) is 4.85. The summed E-state index contributed by atoms with van der Waals surface area (Å²) in [5, 5.41) is 7.85. The van der Waals surface area contributed by atoms with Crippen LogP contribution in [0, 0.1) is 5.92 Å². The van der Waals surface area contributed by atoms with Gasteiger partial charge in [0.05, 0.1) is 11.6 Å². The Balaban J connectivity index is 1.94. The first kappa shape index (κ1) is 15.4. The maximum atomic E-state index is 11.8. The van der Waals surface area contributed by atoms with Crippen LogP contribution in [0.25, 0.3) is 0 Å². The number of halogens is 1. The molecule has 110 valence electrons. The normalized spacial score (nSPS) is 18.2. The summed E-state index contributed by atoms with van der Waals surface area (Å²) in [5.41, 5.74) is 7.03. The average molecular weight is 351 g/mol. The number of nitrogens with one attached hydrogen (secondary N) is 2. The Hall–Kier alpha value is -2.02. The number of hydrazone groups is 2. The molecule has 1 aliphatic rings. The van der Waals surface area contributed by atoms with Crippen LogP contribution < -0.4 is 10.9 Å². The second kappa shape index (κ2) is 6.62. The van der Waals surface area contributed by atoms with E-state index in [9.17, 15) is 9.59 Å². The van der Waals surface area contributed by atoms with Crippen LogP contribution in [0.2, 0.25) is 0 Å². The predicted molar refractivity (Wildman–Crippen MR) is 83.9 cm³/mol. The molecule has 1 aromatic rings. The third kappa shape index (κ3) is 3.98. The van der Waals surface area contributed by atoms with Gasteiger partial charge in [-0.3, -0.25) is 9.59 Å². The summed E-state index contributed by atoms with van der Waals surface area (Å²) >= 11 is 3.36. The molecule has 1 unspecified atom stereocenters. The van der Waals surface area contributed by atoms with Crippen molar-refractivity contribution >= 4 is 39.2 Å². The Morgan fingerprint density at radius 2 is 2.10 bits per heavy atom. The van der Waals surface area contributed by atoms with Gasteiger partial charge < -0.3 is 0 Å². The van der Waals surface area contributed by atoms with Crippen molar-refractivity contribution in [3.63, 3.8) is 0 Å². The lowest BCUT2D eigenvalue weighted by molar-refractivity contribution is -0.127. The van der Waals surface area contributed by atoms with E-state index in [4.69, 9.17) is 0 Å². The molecule has 0 aromatic heterocycles. The first-order valence-corrected chi connectivity index (χ1v) is 7.20. The van der Waals surface area contributed by atoms with Crippen molar-refractivity contribution in [3.05, 3.63) is 34.3 Å². The van der Waals surface area contributed by atoms with Crippen LogP contribution in [-0.4, -0.2) is 23.2 Å². The second-order valence-electron chi connectivity index (χ2n) is 4.73. The molecule has 1 aromatic carbocycles. The third-order valence-corrected chi connectivity index (χ3v) is 3.69. The maximum absolute atomic E-state index is 11.8. The first-order valence-electron chi connectivity index (χ1n) is 6.40. The topological polar surface area (TPSA) is 82.9 Å². The van der Waals surface area contributed by atoms with E-state index >= 15 is 0 Å².